The van der Waals surface area contributed by atoms with Gasteiger partial charge in [-0.3, -0.25) is 14.2 Å². The molecule has 1 unspecified atom stereocenters. The Labute approximate surface area is 207 Å². The summed E-state index contributed by atoms with van der Waals surface area (Å²) in [5.41, 5.74) is 3.32. The van der Waals surface area contributed by atoms with Gasteiger partial charge in [-0.1, -0.05) is 54.2 Å². The van der Waals surface area contributed by atoms with Crippen LogP contribution in [0, 0.1) is 6.92 Å². The van der Waals surface area contributed by atoms with Crippen molar-refractivity contribution in [3.63, 3.8) is 0 Å². The van der Waals surface area contributed by atoms with E-state index in [0.29, 0.717) is 28.9 Å². The van der Waals surface area contributed by atoms with Crippen LogP contribution in [0.15, 0.2) is 76.5 Å². The quantitative estimate of drug-likeness (QED) is 0.395. The van der Waals surface area contributed by atoms with E-state index in [-0.39, 0.29) is 30.0 Å². The number of aromatic nitrogens is 3. The van der Waals surface area contributed by atoms with E-state index in [1.54, 1.807) is 11.2 Å². The normalized spacial score (nSPS) is 15.4. The van der Waals surface area contributed by atoms with Crippen molar-refractivity contribution in [1.82, 2.24) is 14.8 Å². The van der Waals surface area contributed by atoms with E-state index in [0.717, 1.165) is 16.9 Å². The van der Waals surface area contributed by atoms with Gasteiger partial charge in [-0.25, -0.2) is 0 Å². The van der Waals surface area contributed by atoms with Crippen molar-refractivity contribution in [2.75, 3.05) is 16.0 Å². The van der Waals surface area contributed by atoms with Crippen molar-refractivity contribution in [2.45, 2.75) is 38.0 Å². The van der Waals surface area contributed by atoms with Crippen LogP contribution >= 0.6 is 11.8 Å². The second-order valence-corrected chi connectivity index (χ2v) is 9.38. The molecule has 2 amide bonds. The van der Waals surface area contributed by atoms with Gasteiger partial charge in [0, 0.05) is 12.5 Å². The molecule has 0 saturated carbocycles. The van der Waals surface area contributed by atoms with Gasteiger partial charge in [-0.15, -0.1) is 10.2 Å². The predicted molar refractivity (Wildman–Crippen MR) is 135 cm³/mol. The number of hydrogen-bond donors (Lipinski definition) is 1. The smallest absolute Gasteiger partial charge is 0.237 e. The Balaban J connectivity index is 1.43. The lowest BCUT2D eigenvalue weighted by atomic mass is 10.2. The Morgan fingerprint density at radius 1 is 1.11 bits per heavy atom. The first-order chi connectivity index (χ1) is 17.0. The number of rotatable bonds is 6. The number of thioether (sulfide) groups is 1. The SMILES string of the molecule is Cc1occc1-c1nnc(SCC(=O)N2c3ccccc3NC(=O)CC2C)n1Cc1ccccc1. The number of para-hydroxylation sites is 2. The summed E-state index contributed by atoms with van der Waals surface area (Å²) in [4.78, 5) is 27.4. The van der Waals surface area contributed by atoms with E-state index in [2.05, 4.69) is 15.5 Å². The average molecular weight is 488 g/mol. The van der Waals surface area contributed by atoms with Crippen molar-refractivity contribution in [1.29, 1.82) is 0 Å². The van der Waals surface area contributed by atoms with Gasteiger partial charge >= 0.3 is 0 Å². The first-order valence-electron chi connectivity index (χ1n) is 11.4. The lowest BCUT2D eigenvalue weighted by molar-refractivity contribution is -0.117. The fourth-order valence-electron chi connectivity index (χ4n) is 4.28. The van der Waals surface area contributed by atoms with Gasteiger partial charge in [0.15, 0.2) is 11.0 Å². The van der Waals surface area contributed by atoms with E-state index >= 15 is 0 Å². The summed E-state index contributed by atoms with van der Waals surface area (Å²) in [5, 5.41) is 12.4. The summed E-state index contributed by atoms with van der Waals surface area (Å²) >= 11 is 1.34. The Morgan fingerprint density at radius 2 is 1.89 bits per heavy atom. The number of fused-ring (bicyclic) bond motifs is 1. The number of carbonyl (C=O) groups is 2. The van der Waals surface area contributed by atoms with E-state index in [4.69, 9.17) is 4.42 Å². The Morgan fingerprint density at radius 3 is 2.66 bits per heavy atom. The second kappa shape index (κ2) is 9.79. The highest BCUT2D eigenvalue weighted by Gasteiger charge is 2.30. The maximum Gasteiger partial charge on any atom is 0.237 e. The maximum atomic E-state index is 13.5. The van der Waals surface area contributed by atoms with Crippen molar-refractivity contribution < 1.29 is 14.0 Å². The Bertz CT molecular complexity index is 1360. The van der Waals surface area contributed by atoms with Crippen LogP contribution in [-0.4, -0.2) is 38.4 Å². The summed E-state index contributed by atoms with van der Waals surface area (Å²) in [7, 11) is 0. The third kappa shape index (κ3) is 4.72. The summed E-state index contributed by atoms with van der Waals surface area (Å²) in [6.45, 7) is 4.34. The van der Waals surface area contributed by atoms with Crippen molar-refractivity contribution >= 4 is 35.0 Å². The topological polar surface area (TPSA) is 93.3 Å². The molecule has 5 rings (SSSR count). The zero-order valence-corrected chi connectivity index (χ0v) is 20.3. The van der Waals surface area contributed by atoms with Crippen LogP contribution in [0.5, 0.6) is 0 Å². The predicted octanol–water partition coefficient (Wildman–Crippen LogP) is 4.75. The number of amides is 2. The van der Waals surface area contributed by atoms with Crippen molar-refractivity contribution in [3.05, 3.63) is 78.3 Å². The first-order valence-corrected chi connectivity index (χ1v) is 12.3. The molecule has 0 fully saturated rings. The van der Waals surface area contributed by atoms with Crippen molar-refractivity contribution in [2.24, 2.45) is 0 Å². The summed E-state index contributed by atoms with van der Waals surface area (Å²) in [6, 6.07) is 19.1. The molecule has 3 heterocycles. The summed E-state index contributed by atoms with van der Waals surface area (Å²) in [5.74, 6) is 1.41. The Hall–Kier alpha value is -3.85. The van der Waals surface area contributed by atoms with Gasteiger partial charge in [0.25, 0.3) is 0 Å². The van der Waals surface area contributed by atoms with Crippen LogP contribution in [0.2, 0.25) is 0 Å². The number of nitrogens with one attached hydrogen (secondary N) is 1. The van der Waals surface area contributed by atoms with Crippen molar-refractivity contribution in [3.8, 4) is 11.4 Å². The van der Waals surface area contributed by atoms with E-state index in [9.17, 15) is 9.59 Å². The first kappa shape index (κ1) is 22.9. The molecule has 1 aliphatic rings. The number of carbonyl (C=O) groups excluding carboxylic acids is 2. The lowest BCUT2D eigenvalue weighted by Crippen LogP contribution is -2.40. The van der Waals surface area contributed by atoms with Crippen LogP contribution in [0.3, 0.4) is 0 Å². The van der Waals surface area contributed by atoms with Crippen LogP contribution < -0.4 is 10.2 Å². The van der Waals surface area contributed by atoms with Gasteiger partial charge in [-0.2, -0.15) is 0 Å². The minimum Gasteiger partial charge on any atom is -0.469 e. The summed E-state index contributed by atoms with van der Waals surface area (Å²) in [6.07, 6.45) is 1.87. The average Bonchev–Trinajstić information content (AvgIpc) is 3.41. The number of nitrogens with zero attached hydrogens (tertiary/aromatic N) is 4. The van der Waals surface area contributed by atoms with Gasteiger partial charge in [0.1, 0.15) is 5.76 Å². The molecule has 35 heavy (non-hydrogen) atoms. The highest BCUT2D eigenvalue weighted by Crippen LogP contribution is 2.33. The molecule has 0 aliphatic carbocycles. The molecule has 0 saturated heterocycles. The van der Waals surface area contributed by atoms with E-state index in [1.165, 1.54) is 11.8 Å². The molecular weight excluding hydrogens is 462 g/mol. The minimum atomic E-state index is -0.266. The number of anilines is 2. The third-order valence-electron chi connectivity index (χ3n) is 5.95. The summed E-state index contributed by atoms with van der Waals surface area (Å²) < 4.78 is 7.50. The van der Waals surface area contributed by atoms with Gasteiger partial charge in [0.2, 0.25) is 11.8 Å². The van der Waals surface area contributed by atoms with Crippen LogP contribution in [0.4, 0.5) is 11.4 Å². The molecule has 9 heteroatoms. The molecule has 8 nitrogen and oxygen atoms in total. The molecule has 2 aromatic heterocycles. The minimum absolute atomic E-state index is 0.0956. The van der Waals surface area contributed by atoms with Crippen LogP contribution in [0.1, 0.15) is 24.7 Å². The maximum absolute atomic E-state index is 13.5. The molecule has 1 atom stereocenters. The Kier molecular flexibility index (Phi) is 6.41. The molecule has 0 bridgehead atoms. The van der Waals surface area contributed by atoms with Crippen LogP contribution in [-0.2, 0) is 16.1 Å². The molecule has 178 valence electrons. The number of aryl methyl sites for hydroxylation is 1. The molecular formula is C26H25N5O3S. The second-order valence-electron chi connectivity index (χ2n) is 8.44. The van der Waals surface area contributed by atoms with E-state index < -0.39 is 0 Å². The number of furan rings is 1. The molecule has 0 radical (unpaired) electrons. The standard InChI is InChI=1S/C26H25N5O3S/c1-17-14-23(32)27-21-10-6-7-11-22(21)31(17)24(33)16-35-26-29-28-25(20-12-13-34-18(20)2)30(26)15-19-8-4-3-5-9-19/h3-13,17H,14-16H2,1-2H3,(H,27,32). The number of hydrogen-bond acceptors (Lipinski definition) is 6. The lowest BCUT2D eigenvalue weighted by Gasteiger charge is -2.27. The zero-order chi connectivity index (χ0) is 24.4. The van der Waals surface area contributed by atoms with Crippen LogP contribution in [0.25, 0.3) is 11.4 Å². The fraction of sp³-hybridized carbons (Fsp3) is 0.231. The number of benzene rings is 2. The third-order valence-corrected chi connectivity index (χ3v) is 6.90. The van der Waals surface area contributed by atoms with Gasteiger partial charge in [0.05, 0.1) is 35.5 Å². The molecule has 1 aliphatic heterocycles. The largest absolute Gasteiger partial charge is 0.469 e. The van der Waals surface area contributed by atoms with Gasteiger partial charge in [-0.05, 0) is 37.6 Å². The monoisotopic (exact) mass is 487 g/mol. The molecule has 0 spiro atoms. The van der Waals surface area contributed by atoms with Gasteiger partial charge < -0.3 is 14.6 Å². The molecule has 4 aromatic rings. The molecule has 1 N–H and O–H groups in total. The fourth-order valence-corrected chi connectivity index (χ4v) is 5.08. The highest BCUT2D eigenvalue weighted by atomic mass is 32.2. The van der Waals surface area contributed by atoms with E-state index in [1.807, 2.05) is 79.1 Å². The highest BCUT2D eigenvalue weighted by molar-refractivity contribution is 7.99. The molecule has 2 aromatic carbocycles. The zero-order valence-electron chi connectivity index (χ0n) is 19.5.